The summed E-state index contributed by atoms with van der Waals surface area (Å²) in [5.41, 5.74) is 0. The Labute approximate surface area is 106 Å². The fourth-order valence-electron chi connectivity index (χ4n) is 1.36. The number of halogens is 1. The van der Waals surface area contributed by atoms with Crippen LogP contribution in [0.2, 0.25) is 0 Å². The molecular weight excluding hydrogens is 284 g/mol. The molecule has 2 rings (SSSR count). The topological polar surface area (TPSA) is 60.4 Å². The molecule has 90 valence electrons. The Morgan fingerprint density at radius 2 is 2.06 bits per heavy atom. The minimum absolute atomic E-state index is 0.0185. The largest absolute Gasteiger partial charge is 0.465 e. The number of rotatable bonds is 2. The van der Waals surface area contributed by atoms with Crippen LogP contribution < -0.4 is 0 Å². The molecule has 7 heteroatoms. The van der Waals surface area contributed by atoms with Gasteiger partial charge in [-0.15, -0.1) is 11.3 Å². The van der Waals surface area contributed by atoms with Crippen LogP contribution in [0.15, 0.2) is 29.2 Å². The maximum absolute atomic E-state index is 11.3. The third-order valence-corrected chi connectivity index (χ3v) is 4.59. The summed E-state index contributed by atoms with van der Waals surface area (Å²) in [4.78, 5) is 11.8. The number of methoxy groups -OCH3 is 1. The molecule has 1 heterocycles. The van der Waals surface area contributed by atoms with E-state index >= 15 is 0 Å². The zero-order valence-corrected chi connectivity index (χ0v) is 11.0. The Morgan fingerprint density at radius 1 is 1.35 bits per heavy atom. The van der Waals surface area contributed by atoms with Crippen LogP contribution in [0.4, 0.5) is 0 Å². The zero-order chi connectivity index (χ0) is 12.6. The van der Waals surface area contributed by atoms with E-state index in [0.29, 0.717) is 9.58 Å². The smallest absolute Gasteiger partial charge is 0.348 e. The van der Waals surface area contributed by atoms with E-state index in [1.54, 1.807) is 12.1 Å². The quantitative estimate of drug-likeness (QED) is 0.630. The van der Waals surface area contributed by atoms with Crippen LogP contribution >= 0.6 is 22.0 Å². The first-order valence-corrected chi connectivity index (χ1v) is 7.61. The van der Waals surface area contributed by atoms with Gasteiger partial charge in [-0.3, -0.25) is 0 Å². The number of carbonyl (C=O) groups excluding carboxylic acids is 1. The number of fused-ring (bicyclic) bond motifs is 1. The van der Waals surface area contributed by atoms with Crippen molar-refractivity contribution in [2.45, 2.75) is 4.90 Å². The molecule has 0 saturated heterocycles. The lowest BCUT2D eigenvalue weighted by atomic mass is 10.2. The van der Waals surface area contributed by atoms with Gasteiger partial charge in [-0.2, -0.15) is 0 Å². The van der Waals surface area contributed by atoms with Crippen molar-refractivity contribution in [3.63, 3.8) is 0 Å². The first-order chi connectivity index (χ1) is 7.91. The molecule has 17 heavy (non-hydrogen) atoms. The van der Waals surface area contributed by atoms with E-state index in [9.17, 15) is 13.2 Å². The van der Waals surface area contributed by atoms with E-state index in [2.05, 4.69) is 4.74 Å². The molecule has 1 aromatic heterocycles. The monoisotopic (exact) mass is 290 g/mol. The number of hydrogen-bond donors (Lipinski definition) is 0. The Kier molecular flexibility index (Phi) is 3.11. The van der Waals surface area contributed by atoms with Gasteiger partial charge in [0.1, 0.15) is 4.88 Å². The SMILES string of the molecule is COC(=O)c1cc2ccc(S(=O)(=O)Cl)cc2s1. The molecule has 0 fully saturated rings. The van der Waals surface area contributed by atoms with Crippen LogP contribution in [0.1, 0.15) is 9.67 Å². The second-order valence-electron chi connectivity index (χ2n) is 3.24. The molecule has 0 aliphatic heterocycles. The fourth-order valence-corrected chi connectivity index (χ4v) is 3.24. The van der Waals surface area contributed by atoms with E-state index in [4.69, 9.17) is 10.7 Å². The van der Waals surface area contributed by atoms with Gasteiger partial charge in [0.2, 0.25) is 0 Å². The molecule has 0 amide bonds. The highest BCUT2D eigenvalue weighted by Gasteiger charge is 2.14. The molecule has 0 N–H and O–H groups in total. The highest BCUT2D eigenvalue weighted by Crippen LogP contribution is 2.29. The molecule has 1 aromatic carbocycles. The second kappa shape index (κ2) is 4.29. The molecule has 0 atom stereocenters. The predicted molar refractivity (Wildman–Crippen MR) is 66.2 cm³/mol. The molecular formula is C10H7ClO4S2. The van der Waals surface area contributed by atoms with Gasteiger partial charge in [0, 0.05) is 15.4 Å². The molecule has 0 radical (unpaired) electrons. The lowest BCUT2D eigenvalue weighted by Gasteiger charge is -1.94. The summed E-state index contributed by atoms with van der Waals surface area (Å²) < 4.78 is 27.6. The van der Waals surface area contributed by atoms with Gasteiger partial charge in [-0.1, -0.05) is 6.07 Å². The summed E-state index contributed by atoms with van der Waals surface area (Å²) in [6.45, 7) is 0. The van der Waals surface area contributed by atoms with Gasteiger partial charge in [0.25, 0.3) is 9.05 Å². The van der Waals surface area contributed by atoms with E-state index in [-0.39, 0.29) is 4.90 Å². The van der Waals surface area contributed by atoms with Crippen molar-refractivity contribution in [3.8, 4) is 0 Å². The van der Waals surface area contributed by atoms with Crippen LogP contribution in [0.3, 0.4) is 0 Å². The lowest BCUT2D eigenvalue weighted by Crippen LogP contribution is -1.96. The third kappa shape index (κ3) is 2.43. The Hall–Kier alpha value is -1.11. The van der Waals surface area contributed by atoms with Gasteiger partial charge in [0.15, 0.2) is 0 Å². The zero-order valence-electron chi connectivity index (χ0n) is 8.64. The van der Waals surface area contributed by atoms with Gasteiger partial charge >= 0.3 is 5.97 Å². The highest BCUT2D eigenvalue weighted by atomic mass is 35.7. The minimum atomic E-state index is -3.75. The van der Waals surface area contributed by atoms with E-state index in [0.717, 1.165) is 16.7 Å². The summed E-state index contributed by atoms with van der Waals surface area (Å²) in [5.74, 6) is -0.443. The molecule has 4 nitrogen and oxygen atoms in total. The van der Waals surface area contributed by atoms with E-state index in [1.165, 1.54) is 19.2 Å². The van der Waals surface area contributed by atoms with Crippen LogP contribution in [-0.2, 0) is 13.8 Å². The summed E-state index contributed by atoms with van der Waals surface area (Å²) in [5, 5.41) is 0.777. The van der Waals surface area contributed by atoms with Crippen molar-refractivity contribution in [3.05, 3.63) is 29.1 Å². The molecule has 0 aliphatic rings. The number of benzene rings is 1. The second-order valence-corrected chi connectivity index (χ2v) is 6.89. The van der Waals surface area contributed by atoms with Crippen molar-refractivity contribution in [1.82, 2.24) is 0 Å². The normalized spacial score (nSPS) is 11.6. The van der Waals surface area contributed by atoms with Gasteiger partial charge in [-0.05, 0) is 23.6 Å². The van der Waals surface area contributed by atoms with Crippen molar-refractivity contribution >= 4 is 47.1 Å². The number of thiophene rings is 1. The number of carbonyl (C=O) groups is 1. The summed E-state index contributed by atoms with van der Waals surface area (Å²) in [6, 6.07) is 6.09. The van der Waals surface area contributed by atoms with Gasteiger partial charge < -0.3 is 4.74 Å². The number of ether oxygens (including phenoxy) is 1. The predicted octanol–water partition coefficient (Wildman–Crippen LogP) is 2.62. The van der Waals surface area contributed by atoms with Crippen LogP contribution in [0.25, 0.3) is 10.1 Å². The lowest BCUT2D eigenvalue weighted by molar-refractivity contribution is 0.0606. The maximum atomic E-state index is 11.3. The standard InChI is InChI=1S/C10H7ClO4S2/c1-15-10(12)9-4-6-2-3-7(17(11,13)14)5-8(6)16-9/h2-5H,1H3. The van der Waals surface area contributed by atoms with Gasteiger partial charge in [-0.25, -0.2) is 13.2 Å². The van der Waals surface area contributed by atoms with E-state index < -0.39 is 15.0 Å². The summed E-state index contributed by atoms with van der Waals surface area (Å²) in [6.07, 6.45) is 0. The van der Waals surface area contributed by atoms with Crippen LogP contribution in [-0.4, -0.2) is 21.5 Å². The summed E-state index contributed by atoms with van der Waals surface area (Å²) in [7, 11) is 2.79. The molecule has 0 unspecified atom stereocenters. The maximum Gasteiger partial charge on any atom is 0.348 e. The average Bonchev–Trinajstić information content (AvgIpc) is 2.69. The molecule has 0 saturated carbocycles. The summed E-state index contributed by atoms with van der Waals surface area (Å²) >= 11 is 1.16. The number of esters is 1. The van der Waals surface area contributed by atoms with Crippen LogP contribution in [0.5, 0.6) is 0 Å². The van der Waals surface area contributed by atoms with Crippen molar-refractivity contribution in [2.24, 2.45) is 0 Å². The van der Waals surface area contributed by atoms with E-state index in [1.807, 2.05) is 0 Å². The van der Waals surface area contributed by atoms with Crippen LogP contribution in [0, 0.1) is 0 Å². The van der Waals surface area contributed by atoms with Crippen molar-refractivity contribution < 1.29 is 17.9 Å². The number of hydrogen-bond acceptors (Lipinski definition) is 5. The Bertz CT molecular complexity index is 687. The molecule has 0 aliphatic carbocycles. The molecule has 2 aromatic rings. The third-order valence-electron chi connectivity index (χ3n) is 2.16. The van der Waals surface area contributed by atoms with Crippen molar-refractivity contribution in [2.75, 3.05) is 7.11 Å². The Balaban J connectivity index is 2.60. The minimum Gasteiger partial charge on any atom is -0.465 e. The Morgan fingerprint density at radius 3 is 2.65 bits per heavy atom. The van der Waals surface area contributed by atoms with Gasteiger partial charge in [0.05, 0.1) is 12.0 Å². The fraction of sp³-hybridized carbons (Fsp3) is 0.100. The first-order valence-electron chi connectivity index (χ1n) is 4.48. The first kappa shape index (κ1) is 12.3. The average molecular weight is 291 g/mol. The molecule has 0 bridgehead atoms. The highest BCUT2D eigenvalue weighted by molar-refractivity contribution is 8.13. The van der Waals surface area contributed by atoms with Crippen molar-refractivity contribution in [1.29, 1.82) is 0 Å². The molecule has 0 spiro atoms.